The van der Waals surface area contributed by atoms with Crippen molar-refractivity contribution in [3.63, 3.8) is 0 Å². The number of carbonyl (C=O) groups excluding carboxylic acids is 1. The quantitative estimate of drug-likeness (QED) is 0.575. The zero-order chi connectivity index (χ0) is 20.9. The number of aliphatic hydroxyl groups is 1. The van der Waals surface area contributed by atoms with E-state index in [4.69, 9.17) is 12.2 Å². The first-order chi connectivity index (χ1) is 13.1. The first-order valence-corrected chi connectivity index (χ1v) is 8.68. The van der Waals surface area contributed by atoms with Crippen LogP contribution in [0.2, 0.25) is 0 Å². The highest BCUT2D eigenvalue weighted by Crippen LogP contribution is 2.40. The Hall–Kier alpha value is -2.65. The van der Waals surface area contributed by atoms with Gasteiger partial charge in [-0.25, -0.2) is 4.79 Å². The van der Waals surface area contributed by atoms with Gasteiger partial charge in [-0.2, -0.15) is 13.2 Å². The van der Waals surface area contributed by atoms with Gasteiger partial charge in [-0.1, -0.05) is 30.3 Å². The predicted octanol–water partition coefficient (Wildman–Crippen LogP) is 3.83. The van der Waals surface area contributed by atoms with Crippen molar-refractivity contribution in [3.05, 3.63) is 60.2 Å². The van der Waals surface area contributed by atoms with Gasteiger partial charge < -0.3 is 20.1 Å². The van der Waals surface area contributed by atoms with Crippen molar-refractivity contribution < 1.29 is 27.8 Å². The highest BCUT2D eigenvalue weighted by atomic mass is 32.1. The fourth-order valence-electron chi connectivity index (χ4n) is 2.41. The van der Waals surface area contributed by atoms with Gasteiger partial charge in [-0.05, 0) is 43.4 Å². The second kappa shape index (κ2) is 8.57. The number of rotatable bonds is 5. The molecule has 0 aliphatic heterocycles. The van der Waals surface area contributed by atoms with Crippen LogP contribution in [0.3, 0.4) is 0 Å². The number of carbonyl (C=O) groups is 1. The molecule has 1 atom stereocenters. The Morgan fingerprint density at radius 3 is 2.21 bits per heavy atom. The van der Waals surface area contributed by atoms with E-state index >= 15 is 0 Å². The molecule has 0 aliphatic rings. The molecular formula is C19H19F3N2O3S. The third-order valence-corrected chi connectivity index (χ3v) is 4.36. The molecule has 2 aromatic carbocycles. The van der Waals surface area contributed by atoms with Crippen LogP contribution < -0.4 is 10.2 Å². The number of esters is 1. The molecule has 5 nitrogen and oxygen atoms in total. The molecule has 28 heavy (non-hydrogen) atoms. The monoisotopic (exact) mass is 412 g/mol. The maximum Gasteiger partial charge on any atom is 0.432 e. The molecular weight excluding hydrogens is 393 g/mol. The van der Waals surface area contributed by atoms with Crippen molar-refractivity contribution in [2.75, 3.05) is 23.9 Å². The number of nitrogens with one attached hydrogen (secondary N) is 1. The summed E-state index contributed by atoms with van der Waals surface area (Å²) in [5, 5.41) is 13.4. The lowest BCUT2D eigenvalue weighted by Crippen LogP contribution is -2.50. The summed E-state index contributed by atoms with van der Waals surface area (Å²) in [5.74, 6) is -1.77. The number of para-hydroxylation sites is 1. The molecule has 0 bridgehead atoms. The van der Waals surface area contributed by atoms with Crippen LogP contribution in [0.1, 0.15) is 12.5 Å². The Morgan fingerprint density at radius 2 is 1.71 bits per heavy atom. The lowest BCUT2D eigenvalue weighted by Gasteiger charge is -2.29. The molecule has 2 rings (SSSR count). The molecule has 0 heterocycles. The zero-order valence-corrected chi connectivity index (χ0v) is 16.0. The number of nitrogens with zero attached hydrogens (tertiary/aromatic N) is 1. The molecule has 0 aliphatic carbocycles. The Labute approximate surface area is 165 Å². The van der Waals surface area contributed by atoms with Gasteiger partial charge in [0.2, 0.25) is 0 Å². The second-order valence-electron chi connectivity index (χ2n) is 5.83. The van der Waals surface area contributed by atoms with Crippen molar-refractivity contribution in [1.82, 2.24) is 0 Å². The SMILES string of the molecule is CCOC(=O)[C@](O)(c1ccc(N(C)C(=S)Nc2ccccc2)cc1)C(F)(F)F. The number of ether oxygens (including phenoxy) is 1. The number of anilines is 2. The number of alkyl halides is 3. The summed E-state index contributed by atoms with van der Waals surface area (Å²) >= 11 is 5.29. The first-order valence-electron chi connectivity index (χ1n) is 8.28. The fourth-order valence-corrected chi connectivity index (χ4v) is 2.63. The van der Waals surface area contributed by atoms with Crippen molar-refractivity contribution >= 4 is 34.7 Å². The van der Waals surface area contributed by atoms with E-state index in [0.717, 1.165) is 17.8 Å². The minimum Gasteiger partial charge on any atom is -0.463 e. The van der Waals surface area contributed by atoms with Crippen LogP contribution in [0, 0.1) is 0 Å². The summed E-state index contributed by atoms with van der Waals surface area (Å²) in [6, 6.07) is 13.8. The third kappa shape index (κ3) is 4.42. The summed E-state index contributed by atoms with van der Waals surface area (Å²) in [7, 11) is 1.63. The average molecular weight is 412 g/mol. The Bertz CT molecular complexity index is 829. The smallest absolute Gasteiger partial charge is 0.432 e. The summed E-state index contributed by atoms with van der Waals surface area (Å²) in [6.07, 6.45) is -5.24. The molecule has 0 aromatic heterocycles. The molecule has 0 unspecified atom stereocenters. The molecule has 0 saturated heterocycles. The summed E-state index contributed by atoms with van der Waals surface area (Å²) in [6.45, 7) is 1.06. The van der Waals surface area contributed by atoms with Gasteiger partial charge >= 0.3 is 12.1 Å². The summed E-state index contributed by atoms with van der Waals surface area (Å²) < 4.78 is 44.6. The van der Waals surface area contributed by atoms with Crippen LogP contribution in [0.4, 0.5) is 24.5 Å². The van der Waals surface area contributed by atoms with Gasteiger partial charge in [0.05, 0.1) is 6.61 Å². The Balaban J connectivity index is 2.25. The number of hydrogen-bond acceptors (Lipinski definition) is 4. The molecule has 0 saturated carbocycles. The topological polar surface area (TPSA) is 61.8 Å². The average Bonchev–Trinajstić information content (AvgIpc) is 2.67. The van der Waals surface area contributed by atoms with Crippen LogP contribution in [0.5, 0.6) is 0 Å². The third-order valence-electron chi connectivity index (χ3n) is 3.98. The number of thiocarbonyl (C=S) groups is 1. The largest absolute Gasteiger partial charge is 0.463 e. The standard InChI is InChI=1S/C19H19F3N2O3S/c1-3-27-16(25)18(26,19(20,21)22)13-9-11-15(12-10-13)24(2)17(28)23-14-7-5-4-6-8-14/h4-12,26H,3H2,1-2H3,(H,23,28)/t18-/m1/s1. The van der Waals surface area contributed by atoms with Crippen molar-refractivity contribution in [2.24, 2.45) is 0 Å². The highest BCUT2D eigenvalue weighted by molar-refractivity contribution is 7.80. The van der Waals surface area contributed by atoms with E-state index in [-0.39, 0.29) is 6.61 Å². The fraction of sp³-hybridized carbons (Fsp3) is 0.263. The Morgan fingerprint density at radius 1 is 1.14 bits per heavy atom. The van der Waals surface area contributed by atoms with Gasteiger partial charge in [0, 0.05) is 24.0 Å². The maximum absolute atomic E-state index is 13.4. The molecule has 150 valence electrons. The first kappa shape index (κ1) is 21.6. The minimum absolute atomic E-state index is 0.294. The minimum atomic E-state index is -5.24. The van der Waals surface area contributed by atoms with Crippen LogP contribution in [-0.4, -0.2) is 36.0 Å². The number of hydrogen-bond donors (Lipinski definition) is 2. The van der Waals surface area contributed by atoms with Crippen molar-refractivity contribution in [2.45, 2.75) is 18.7 Å². The summed E-state index contributed by atoms with van der Waals surface area (Å²) in [5.41, 5.74) is -3.17. The molecule has 0 radical (unpaired) electrons. The highest BCUT2D eigenvalue weighted by Gasteiger charge is 2.62. The van der Waals surface area contributed by atoms with Crippen LogP contribution in [0.25, 0.3) is 0 Å². The van der Waals surface area contributed by atoms with E-state index in [2.05, 4.69) is 10.1 Å². The zero-order valence-electron chi connectivity index (χ0n) is 15.2. The van der Waals surface area contributed by atoms with Crippen LogP contribution in [0.15, 0.2) is 54.6 Å². The van der Waals surface area contributed by atoms with E-state index in [1.165, 1.54) is 19.1 Å². The summed E-state index contributed by atoms with van der Waals surface area (Å²) in [4.78, 5) is 13.4. The van der Waals surface area contributed by atoms with E-state index in [9.17, 15) is 23.1 Å². The molecule has 9 heteroatoms. The van der Waals surface area contributed by atoms with E-state index in [1.807, 2.05) is 30.3 Å². The van der Waals surface area contributed by atoms with Gasteiger partial charge in [-0.3, -0.25) is 0 Å². The van der Waals surface area contributed by atoms with E-state index in [0.29, 0.717) is 10.8 Å². The lowest BCUT2D eigenvalue weighted by atomic mass is 9.93. The van der Waals surface area contributed by atoms with Gasteiger partial charge in [0.1, 0.15) is 0 Å². The van der Waals surface area contributed by atoms with E-state index in [1.54, 1.807) is 11.9 Å². The van der Waals surface area contributed by atoms with Gasteiger partial charge in [0.25, 0.3) is 5.60 Å². The molecule has 2 aromatic rings. The molecule has 0 amide bonds. The van der Waals surface area contributed by atoms with Gasteiger partial charge in [0.15, 0.2) is 5.11 Å². The van der Waals surface area contributed by atoms with Crippen LogP contribution >= 0.6 is 12.2 Å². The predicted molar refractivity (Wildman–Crippen MR) is 104 cm³/mol. The second-order valence-corrected chi connectivity index (χ2v) is 6.22. The number of benzene rings is 2. The Kier molecular flexibility index (Phi) is 6.63. The molecule has 2 N–H and O–H groups in total. The van der Waals surface area contributed by atoms with Crippen molar-refractivity contribution in [3.8, 4) is 0 Å². The van der Waals surface area contributed by atoms with Crippen molar-refractivity contribution in [1.29, 1.82) is 0 Å². The lowest BCUT2D eigenvalue weighted by molar-refractivity contribution is -0.267. The molecule has 0 fully saturated rings. The molecule has 0 spiro atoms. The normalized spacial score (nSPS) is 13.4. The maximum atomic E-state index is 13.4. The van der Waals surface area contributed by atoms with Gasteiger partial charge in [-0.15, -0.1) is 0 Å². The van der Waals surface area contributed by atoms with Crippen LogP contribution in [-0.2, 0) is 15.1 Å². The number of halogens is 3. The van der Waals surface area contributed by atoms with E-state index < -0.39 is 23.3 Å².